The van der Waals surface area contributed by atoms with Crippen molar-refractivity contribution in [2.75, 3.05) is 0 Å². The molecule has 2 heterocycles. The molecule has 1 aliphatic carbocycles. The minimum absolute atomic E-state index is 0.0528. The summed E-state index contributed by atoms with van der Waals surface area (Å²) >= 11 is 1.70. The van der Waals surface area contributed by atoms with Crippen molar-refractivity contribution >= 4 is 23.1 Å². The van der Waals surface area contributed by atoms with Crippen LogP contribution in [0.3, 0.4) is 0 Å². The van der Waals surface area contributed by atoms with Crippen LogP contribution in [-0.2, 0) is 16.1 Å². The van der Waals surface area contributed by atoms with Crippen LogP contribution in [0.1, 0.15) is 52.3 Å². The Labute approximate surface area is 140 Å². The summed E-state index contributed by atoms with van der Waals surface area (Å²) in [7, 11) is 0. The molecule has 0 amide bonds. The third-order valence-corrected chi connectivity index (χ3v) is 5.30. The second-order valence-electron chi connectivity index (χ2n) is 6.06. The number of hydrogen-bond acceptors (Lipinski definition) is 4. The van der Waals surface area contributed by atoms with E-state index in [4.69, 9.17) is 4.74 Å². The molecule has 0 bridgehead atoms. The summed E-state index contributed by atoms with van der Waals surface area (Å²) in [5.74, 6) is -0.326. The SMILES string of the molecule is Cc1cc(C(=O)O[C@@H]2CCCCC2=O)c(C)n1Cc1cccs1. The number of aromatic nitrogens is 1. The topological polar surface area (TPSA) is 48.3 Å². The van der Waals surface area contributed by atoms with E-state index in [-0.39, 0.29) is 11.8 Å². The summed E-state index contributed by atoms with van der Waals surface area (Å²) in [5.41, 5.74) is 2.49. The van der Waals surface area contributed by atoms with Gasteiger partial charge in [0.1, 0.15) is 0 Å². The van der Waals surface area contributed by atoms with Crippen LogP contribution in [0.5, 0.6) is 0 Å². The maximum absolute atomic E-state index is 12.5. The molecule has 0 unspecified atom stereocenters. The fourth-order valence-electron chi connectivity index (χ4n) is 3.08. The molecule has 2 aromatic rings. The van der Waals surface area contributed by atoms with Crippen LogP contribution in [-0.4, -0.2) is 22.4 Å². The average Bonchev–Trinajstić information content (AvgIpc) is 3.13. The fraction of sp³-hybridized carbons (Fsp3) is 0.444. The van der Waals surface area contributed by atoms with Gasteiger partial charge in [-0.25, -0.2) is 4.79 Å². The molecule has 1 fully saturated rings. The van der Waals surface area contributed by atoms with Crippen molar-refractivity contribution in [1.29, 1.82) is 0 Å². The van der Waals surface area contributed by atoms with E-state index >= 15 is 0 Å². The van der Waals surface area contributed by atoms with Crippen LogP contribution >= 0.6 is 11.3 Å². The predicted molar refractivity (Wildman–Crippen MR) is 90.0 cm³/mol. The average molecular weight is 331 g/mol. The number of aryl methyl sites for hydroxylation is 1. The normalized spacial score (nSPS) is 18.2. The van der Waals surface area contributed by atoms with Gasteiger partial charge in [-0.05, 0) is 50.6 Å². The number of nitrogens with zero attached hydrogens (tertiary/aromatic N) is 1. The van der Waals surface area contributed by atoms with Crippen LogP contribution in [0.4, 0.5) is 0 Å². The molecule has 0 radical (unpaired) electrons. The molecular weight excluding hydrogens is 310 g/mol. The largest absolute Gasteiger partial charge is 0.451 e. The number of Topliss-reactive ketones (excluding diaryl/α,β-unsaturated/α-hetero) is 1. The first-order valence-electron chi connectivity index (χ1n) is 7.99. The number of hydrogen-bond donors (Lipinski definition) is 0. The summed E-state index contributed by atoms with van der Waals surface area (Å²) in [6.45, 7) is 4.67. The van der Waals surface area contributed by atoms with Gasteiger partial charge in [-0.1, -0.05) is 6.07 Å². The van der Waals surface area contributed by atoms with Gasteiger partial charge in [0.05, 0.1) is 12.1 Å². The Kier molecular flexibility index (Phi) is 4.66. The van der Waals surface area contributed by atoms with Gasteiger partial charge >= 0.3 is 5.97 Å². The number of ketones is 1. The van der Waals surface area contributed by atoms with E-state index < -0.39 is 6.10 Å². The van der Waals surface area contributed by atoms with Gasteiger partial charge in [0.15, 0.2) is 11.9 Å². The van der Waals surface area contributed by atoms with Crippen LogP contribution in [0, 0.1) is 13.8 Å². The molecule has 1 atom stereocenters. The summed E-state index contributed by atoms with van der Waals surface area (Å²) in [6, 6.07) is 5.97. The van der Waals surface area contributed by atoms with E-state index in [1.165, 1.54) is 4.88 Å². The third-order valence-electron chi connectivity index (χ3n) is 4.44. The van der Waals surface area contributed by atoms with Crippen molar-refractivity contribution in [1.82, 2.24) is 4.57 Å². The van der Waals surface area contributed by atoms with Crippen LogP contribution < -0.4 is 0 Å². The molecule has 0 N–H and O–H groups in total. The molecule has 0 saturated heterocycles. The molecular formula is C18H21NO3S. The zero-order valence-corrected chi connectivity index (χ0v) is 14.3. The monoisotopic (exact) mass is 331 g/mol. The molecule has 0 spiro atoms. The quantitative estimate of drug-likeness (QED) is 0.799. The first kappa shape index (κ1) is 16.0. The van der Waals surface area contributed by atoms with E-state index in [1.807, 2.05) is 31.4 Å². The second kappa shape index (κ2) is 6.71. The van der Waals surface area contributed by atoms with Crippen molar-refractivity contribution in [2.24, 2.45) is 0 Å². The Morgan fingerprint density at radius 1 is 1.39 bits per heavy atom. The summed E-state index contributed by atoms with van der Waals surface area (Å²) in [6.07, 6.45) is 2.47. The lowest BCUT2D eigenvalue weighted by Gasteiger charge is -2.20. The number of rotatable bonds is 4. The molecule has 5 heteroatoms. The molecule has 23 heavy (non-hydrogen) atoms. The van der Waals surface area contributed by atoms with Gasteiger partial charge in [0.25, 0.3) is 0 Å². The molecule has 3 rings (SSSR count). The lowest BCUT2D eigenvalue weighted by molar-refractivity contribution is -0.129. The Balaban J connectivity index is 1.77. The minimum atomic E-state index is -0.559. The van der Waals surface area contributed by atoms with Crippen molar-refractivity contribution in [3.63, 3.8) is 0 Å². The van der Waals surface area contributed by atoms with Gasteiger partial charge < -0.3 is 9.30 Å². The second-order valence-corrected chi connectivity index (χ2v) is 7.09. The van der Waals surface area contributed by atoms with Crippen molar-refractivity contribution in [2.45, 2.75) is 52.2 Å². The predicted octanol–water partition coefficient (Wildman–Crippen LogP) is 3.88. The maximum atomic E-state index is 12.5. The Morgan fingerprint density at radius 2 is 2.22 bits per heavy atom. The standard InChI is InChI=1S/C18H21NO3S/c1-12-10-15(13(2)19(12)11-14-6-5-9-23-14)18(21)22-17-8-4-3-7-16(17)20/h5-6,9-10,17H,3-4,7-8,11H2,1-2H3/t17-/m1/s1. The zero-order chi connectivity index (χ0) is 16.4. The Hall–Kier alpha value is -1.88. The van der Waals surface area contributed by atoms with Crippen molar-refractivity contribution in [3.05, 3.63) is 45.4 Å². The number of ether oxygens (including phenoxy) is 1. The highest BCUT2D eigenvalue weighted by Gasteiger charge is 2.27. The summed E-state index contributed by atoms with van der Waals surface area (Å²) < 4.78 is 7.59. The van der Waals surface area contributed by atoms with Gasteiger partial charge in [0, 0.05) is 22.7 Å². The van der Waals surface area contributed by atoms with Gasteiger partial charge in [-0.15, -0.1) is 11.3 Å². The third kappa shape index (κ3) is 3.39. The Bertz CT molecular complexity index is 715. The molecule has 122 valence electrons. The molecule has 1 aliphatic rings. The molecule has 0 aromatic carbocycles. The minimum Gasteiger partial charge on any atom is -0.451 e. The van der Waals surface area contributed by atoms with Gasteiger partial charge in [-0.3, -0.25) is 4.79 Å². The highest BCUT2D eigenvalue weighted by atomic mass is 32.1. The fourth-order valence-corrected chi connectivity index (χ4v) is 3.77. The maximum Gasteiger partial charge on any atom is 0.340 e. The van der Waals surface area contributed by atoms with E-state index in [9.17, 15) is 9.59 Å². The smallest absolute Gasteiger partial charge is 0.340 e. The lowest BCUT2D eigenvalue weighted by Crippen LogP contribution is -2.30. The van der Waals surface area contributed by atoms with E-state index in [0.717, 1.165) is 30.8 Å². The first-order chi connectivity index (χ1) is 11.1. The summed E-state index contributed by atoms with van der Waals surface area (Å²) in [5, 5.41) is 2.05. The molecule has 2 aromatic heterocycles. The molecule has 0 aliphatic heterocycles. The van der Waals surface area contributed by atoms with Crippen LogP contribution in [0.15, 0.2) is 23.6 Å². The lowest BCUT2D eigenvalue weighted by atomic mass is 9.96. The number of carbonyl (C=O) groups excluding carboxylic acids is 2. The molecule has 1 saturated carbocycles. The molecule has 4 nitrogen and oxygen atoms in total. The van der Waals surface area contributed by atoms with E-state index in [2.05, 4.69) is 10.6 Å². The van der Waals surface area contributed by atoms with Gasteiger partial charge in [0.2, 0.25) is 0 Å². The van der Waals surface area contributed by atoms with Crippen LogP contribution in [0.25, 0.3) is 0 Å². The number of esters is 1. The van der Waals surface area contributed by atoms with Crippen LogP contribution in [0.2, 0.25) is 0 Å². The zero-order valence-electron chi connectivity index (χ0n) is 13.5. The first-order valence-corrected chi connectivity index (χ1v) is 8.87. The van der Waals surface area contributed by atoms with Crippen molar-refractivity contribution < 1.29 is 14.3 Å². The van der Waals surface area contributed by atoms with E-state index in [1.54, 1.807) is 11.3 Å². The highest BCUT2D eigenvalue weighted by molar-refractivity contribution is 7.09. The number of carbonyl (C=O) groups is 2. The Morgan fingerprint density at radius 3 is 2.91 bits per heavy atom. The van der Waals surface area contributed by atoms with E-state index in [0.29, 0.717) is 18.4 Å². The highest BCUT2D eigenvalue weighted by Crippen LogP contribution is 2.23. The number of thiophene rings is 1. The van der Waals surface area contributed by atoms with Gasteiger partial charge in [-0.2, -0.15) is 0 Å². The summed E-state index contributed by atoms with van der Waals surface area (Å²) in [4.78, 5) is 25.6. The van der Waals surface area contributed by atoms with Crippen molar-refractivity contribution in [3.8, 4) is 0 Å².